The van der Waals surface area contributed by atoms with Gasteiger partial charge in [-0.15, -0.1) is 0 Å². The minimum Gasteiger partial charge on any atom is -0.496 e. The average molecular weight is 283 g/mol. The summed E-state index contributed by atoms with van der Waals surface area (Å²) in [5, 5.41) is 0.890. The Morgan fingerprint density at radius 1 is 0.905 bits per heavy atom. The number of nitrogens with zero attached hydrogens (tertiary/aromatic N) is 1. The zero-order valence-corrected chi connectivity index (χ0v) is 11.8. The second-order valence-corrected chi connectivity index (χ2v) is 4.56. The Balaban J connectivity index is 2.33. The van der Waals surface area contributed by atoms with Crippen molar-refractivity contribution in [1.29, 1.82) is 0 Å². The van der Waals surface area contributed by atoms with Crippen LogP contribution in [0.1, 0.15) is 0 Å². The van der Waals surface area contributed by atoms with Gasteiger partial charge < -0.3 is 9.47 Å². The maximum atomic E-state index is 13.6. The highest BCUT2D eigenvalue weighted by atomic mass is 19.1. The second-order valence-electron chi connectivity index (χ2n) is 4.56. The van der Waals surface area contributed by atoms with E-state index in [4.69, 9.17) is 9.47 Å². The van der Waals surface area contributed by atoms with Crippen molar-refractivity contribution in [2.45, 2.75) is 0 Å². The van der Waals surface area contributed by atoms with Gasteiger partial charge >= 0.3 is 0 Å². The van der Waals surface area contributed by atoms with E-state index in [0.29, 0.717) is 17.1 Å². The van der Waals surface area contributed by atoms with Crippen molar-refractivity contribution >= 4 is 10.9 Å². The lowest BCUT2D eigenvalue weighted by Gasteiger charge is -2.12. The van der Waals surface area contributed by atoms with Crippen molar-refractivity contribution in [3.8, 4) is 22.6 Å². The van der Waals surface area contributed by atoms with E-state index in [1.54, 1.807) is 26.5 Å². The number of para-hydroxylation sites is 1. The lowest BCUT2D eigenvalue weighted by Crippen LogP contribution is -1.92. The summed E-state index contributed by atoms with van der Waals surface area (Å²) >= 11 is 0. The van der Waals surface area contributed by atoms with Crippen molar-refractivity contribution < 1.29 is 13.9 Å². The molecule has 1 aromatic heterocycles. The van der Waals surface area contributed by atoms with Crippen LogP contribution in [0.5, 0.6) is 11.5 Å². The first-order valence-corrected chi connectivity index (χ1v) is 6.50. The summed E-state index contributed by atoms with van der Waals surface area (Å²) in [5.41, 5.74) is 2.29. The van der Waals surface area contributed by atoms with Gasteiger partial charge in [0.2, 0.25) is 0 Å². The van der Waals surface area contributed by atoms with Crippen LogP contribution in [0.25, 0.3) is 22.0 Å². The number of benzene rings is 2. The normalized spacial score (nSPS) is 10.6. The Labute approximate surface area is 122 Å². The number of pyridine rings is 1. The fourth-order valence-electron chi connectivity index (χ4n) is 2.44. The highest BCUT2D eigenvalue weighted by Gasteiger charge is 2.12. The summed E-state index contributed by atoms with van der Waals surface area (Å²) in [6.07, 6.45) is 1.69. The lowest BCUT2D eigenvalue weighted by atomic mass is 10.00. The molecule has 0 aliphatic rings. The zero-order valence-electron chi connectivity index (χ0n) is 11.8. The molecule has 21 heavy (non-hydrogen) atoms. The third kappa shape index (κ3) is 2.29. The van der Waals surface area contributed by atoms with Gasteiger partial charge in [0.15, 0.2) is 0 Å². The van der Waals surface area contributed by atoms with Crippen molar-refractivity contribution in [3.05, 3.63) is 54.5 Å². The predicted molar refractivity (Wildman–Crippen MR) is 80.2 cm³/mol. The van der Waals surface area contributed by atoms with Gasteiger partial charge in [-0.25, -0.2) is 4.39 Å². The van der Waals surface area contributed by atoms with Gasteiger partial charge in [0.25, 0.3) is 0 Å². The topological polar surface area (TPSA) is 31.4 Å². The molecule has 4 heteroatoms. The van der Waals surface area contributed by atoms with Gasteiger partial charge in [-0.2, -0.15) is 0 Å². The first-order chi connectivity index (χ1) is 10.2. The molecule has 0 saturated carbocycles. The molecule has 0 amide bonds. The molecule has 0 atom stereocenters. The van der Waals surface area contributed by atoms with Crippen LogP contribution in [-0.2, 0) is 0 Å². The average Bonchev–Trinajstić information content (AvgIpc) is 2.53. The van der Waals surface area contributed by atoms with Crippen LogP contribution in [0.2, 0.25) is 0 Å². The van der Waals surface area contributed by atoms with Crippen LogP contribution < -0.4 is 9.47 Å². The van der Waals surface area contributed by atoms with E-state index < -0.39 is 0 Å². The Morgan fingerprint density at radius 3 is 2.48 bits per heavy atom. The third-order valence-electron chi connectivity index (χ3n) is 3.41. The minimum atomic E-state index is -0.307. The number of fused-ring (bicyclic) bond motifs is 1. The molecule has 0 fully saturated rings. The molecule has 106 valence electrons. The second kappa shape index (κ2) is 5.40. The minimum absolute atomic E-state index is 0.307. The number of ether oxygens (including phenoxy) is 2. The summed E-state index contributed by atoms with van der Waals surface area (Å²) < 4.78 is 24.3. The van der Waals surface area contributed by atoms with Gasteiger partial charge in [-0.1, -0.05) is 12.1 Å². The molecule has 0 spiro atoms. The van der Waals surface area contributed by atoms with Crippen LogP contribution in [0.15, 0.2) is 48.7 Å². The number of hydrogen-bond donors (Lipinski definition) is 0. The number of methoxy groups -OCH3 is 2. The first-order valence-electron chi connectivity index (χ1n) is 6.50. The molecule has 3 nitrogen and oxygen atoms in total. The molecule has 0 saturated heterocycles. The molecule has 0 bridgehead atoms. The van der Waals surface area contributed by atoms with Crippen molar-refractivity contribution in [2.24, 2.45) is 0 Å². The van der Waals surface area contributed by atoms with Crippen LogP contribution in [-0.4, -0.2) is 19.2 Å². The van der Waals surface area contributed by atoms with Gasteiger partial charge in [0, 0.05) is 17.1 Å². The fraction of sp³-hybridized carbons (Fsp3) is 0.118. The van der Waals surface area contributed by atoms with Crippen LogP contribution in [0.4, 0.5) is 4.39 Å². The molecule has 0 N–H and O–H groups in total. The molecular weight excluding hydrogens is 269 g/mol. The maximum absolute atomic E-state index is 13.6. The molecule has 2 aromatic carbocycles. The van der Waals surface area contributed by atoms with E-state index in [9.17, 15) is 4.39 Å². The summed E-state index contributed by atoms with van der Waals surface area (Å²) in [6.45, 7) is 0. The Morgan fingerprint density at radius 2 is 1.71 bits per heavy atom. The van der Waals surface area contributed by atoms with E-state index >= 15 is 0 Å². The number of hydrogen-bond acceptors (Lipinski definition) is 3. The molecule has 3 rings (SSSR count). The van der Waals surface area contributed by atoms with Crippen LogP contribution >= 0.6 is 0 Å². The number of aromatic nitrogens is 1. The molecule has 3 aromatic rings. The van der Waals surface area contributed by atoms with E-state index in [1.165, 1.54) is 12.1 Å². The third-order valence-corrected chi connectivity index (χ3v) is 3.41. The first kappa shape index (κ1) is 13.4. The molecule has 0 aliphatic heterocycles. The molecule has 0 radical (unpaired) electrons. The summed E-state index contributed by atoms with van der Waals surface area (Å²) in [7, 11) is 3.17. The van der Waals surface area contributed by atoms with Crippen LogP contribution in [0, 0.1) is 5.82 Å². The van der Waals surface area contributed by atoms with Crippen molar-refractivity contribution in [3.63, 3.8) is 0 Å². The van der Waals surface area contributed by atoms with Gasteiger partial charge in [-0.05, 0) is 35.9 Å². The van der Waals surface area contributed by atoms with E-state index in [1.807, 2.05) is 24.3 Å². The highest BCUT2D eigenvalue weighted by Crippen LogP contribution is 2.36. The summed E-state index contributed by atoms with van der Waals surface area (Å²) in [5.74, 6) is 0.995. The van der Waals surface area contributed by atoms with Gasteiger partial charge in [0.05, 0.1) is 14.2 Å². The van der Waals surface area contributed by atoms with Gasteiger partial charge in [-0.3, -0.25) is 4.98 Å². The molecule has 1 heterocycles. The highest BCUT2D eigenvalue weighted by molar-refractivity contribution is 5.98. The SMILES string of the molecule is COc1ccc(F)cc1-c1ccnc2c(OC)cccc12. The Hall–Kier alpha value is -2.62. The molecular formula is C17H14FNO2. The summed E-state index contributed by atoms with van der Waals surface area (Å²) in [4.78, 5) is 4.36. The number of rotatable bonds is 3. The van der Waals surface area contributed by atoms with E-state index in [-0.39, 0.29) is 5.82 Å². The quantitative estimate of drug-likeness (QED) is 0.726. The number of halogens is 1. The predicted octanol–water partition coefficient (Wildman–Crippen LogP) is 4.06. The zero-order chi connectivity index (χ0) is 14.8. The van der Waals surface area contributed by atoms with Crippen molar-refractivity contribution in [2.75, 3.05) is 14.2 Å². The summed E-state index contributed by atoms with van der Waals surface area (Å²) in [6, 6.07) is 12.0. The molecule has 0 unspecified atom stereocenters. The van der Waals surface area contributed by atoms with Gasteiger partial charge in [0.1, 0.15) is 22.8 Å². The standard InChI is InChI=1S/C17H14FNO2/c1-20-15-7-6-11(18)10-14(15)12-8-9-19-17-13(12)4-3-5-16(17)21-2/h3-10H,1-2H3. The Kier molecular flexibility index (Phi) is 3.44. The van der Waals surface area contributed by atoms with Crippen molar-refractivity contribution in [1.82, 2.24) is 4.98 Å². The maximum Gasteiger partial charge on any atom is 0.145 e. The van der Waals surface area contributed by atoms with E-state index in [2.05, 4.69) is 4.98 Å². The van der Waals surface area contributed by atoms with Crippen LogP contribution in [0.3, 0.4) is 0 Å². The smallest absolute Gasteiger partial charge is 0.145 e. The van der Waals surface area contributed by atoms with E-state index in [0.717, 1.165) is 16.5 Å². The fourth-order valence-corrected chi connectivity index (χ4v) is 2.44. The Bertz CT molecular complexity index is 802. The molecule has 0 aliphatic carbocycles. The largest absolute Gasteiger partial charge is 0.496 e. The lowest BCUT2D eigenvalue weighted by molar-refractivity contribution is 0.415. The monoisotopic (exact) mass is 283 g/mol.